The van der Waals surface area contributed by atoms with Gasteiger partial charge < -0.3 is 25.4 Å². The van der Waals surface area contributed by atoms with Gasteiger partial charge in [-0.15, -0.1) is 0 Å². The van der Waals surface area contributed by atoms with Crippen molar-refractivity contribution in [2.24, 2.45) is 0 Å². The average Bonchev–Trinajstić information content (AvgIpc) is 2.90. The summed E-state index contributed by atoms with van der Waals surface area (Å²) in [5.74, 6) is -1.10. The molecule has 1 saturated heterocycles. The first kappa shape index (κ1) is 16.2. The van der Waals surface area contributed by atoms with Gasteiger partial charge in [-0.2, -0.15) is 0 Å². The van der Waals surface area contributed by atoms with Crippen LogP contribution in [0.1, 0.15) is 19.3 Å². The van der Waals surface area contributed by atoms with E-state index in [2.05, 4.69) is 10.6 Å². The molecule has 2 unspecified atom stereocenters. The Morgan fingerprint density at radius 3 is 2.60 bits per heavy atom. The second-order valence-corrected chi connectivity index (χ2v) is 4.69. The van der Waals surface area contributed by atoms with Gasteiger partial charge in [0.25, 0.3) is 0 Å². The average molecular weight is 287 g/mol. The lowest BCUT2D eigenvalue weighted by Crippen LogP contribution is -2.42. The molecule has 20 heavy (non-hydrogen) atoms. The zero-order valence-electron chi connectivity index (χ0n) is 11.7. The lowest BCUT2D eigenvalue weighted by atomic mass is 10.2. The van der Waals surface area contributed by atoms with Crippen molar-refractivity contribution in [3.05, 3.63) is 0 Å². The SMILES string of the molecule is CNC(=O)CCN(C)C(=O)NCC1CCC(C(=O)O)O1. The lowest BCUT2D eigenvalue weighted by Gasteiger charge is -2.19. The number of urea groups is 1. The maximum atomic E-state index is 11.7. The molecule has 2 atom stereocenters. The Morgan fingerprint density at radius 2 is 2.05 bits per heavy atom. The van der Waals surface area contributed by atoms with Crippen LogP contribution in [0.3, 0.4) is 0 Å². The fourth-order valence-corrected chi connectivity index (χ4v) is 1.87. The van der Waals surface area contributed by atoms with Crippen LogP contribution in [0.5, 0.6) is 0 Å². The Balaban J connectivity index is 2.23. The monoisotopic (exact) mass is 287 g/mol. The van der Waals surface area contributed by atoms with Crippen molar-refractivity contribution in [2.45, 2.75) is 31.5 Å². The highest BCUT2D eigenvalue weighted by Gasteiger charge is 2.30. The quantitative estimate of drug-likeness (QED) is 0.604. The molecule has 1 fully saturated rings. The summed E-state index contributed by atoms with van der Waals surface area (Å²) in [6, 6.07) is -0.309. The molecule has 0 saturated carbocycles. The van der Waals surface area contributed by atoms with Gasteiger partial charge in [-0.3, -0.25) is 4.79 Å². The summed E-state index contributed by atoms with van der Waals surface area (Å²) in [4.78, 5) is 34.9. The van der Waals surface area contributed by atoms with Crippen molar-refractivity contribution in [2.75, 3.05) is 27.2 Å². The predicted molar refractivity (Wildman–Crippen MR) is 70.2 cm³/mol. The summed E-state index contributed by atoms with van der Waals surface area (Å²) < 4.78 is 5.27. The van der Waals surface area contributed by atoms with Crippen molar-refractivity contribution in [1.82, 2.24) is 15.5 Å². The Morgan fingerprint density at radius 1 is 1.35 bits per heavy atom. The molecule has 0 radical (unpaired) electrons. The minimum atomic E-state index is -0.971. The Bertz CT molecular complexity index is 374. The number of nitrogens with zero attached hydrogens (tertiary/aromatic N) is 1. The third-order valence-corrected chi connectivity index (χ3v) is 3.16. The molecular weight excluding hydrogens is 266 g/mol. The van der Waals surface area contributed by atoms with Crippen LogP contribution in [-0.2, 0) is 14.3 Å². The van der Waals surface area contributed by atoms with Crippen LogP contribution in [0.2, 0.25) is 0 Å². The van der Waals surface area contributed by atoms with E-state index in [0.717, 1.165) is 0 Å². The summed E-state index contributed by atoms with van der Waals surface area (Å²) in [5, 5.41) is 13.9. The van der Waals surface area contributed by atoms with E-state index in [1.807, 2.05) is 0 Å². The number of rotatable bonds is 6. The highest BCUT2D eigenvalue weighted by molar-refractivity contribution is 5.78. The molecule has 0 bridgehead atoms. The number of carbonyl (C=O) groups is 3. The number of aliphatic carboxylic acids is 1. The van der Waals surface area contributed by atoms with Crippen LogP contribution < -0.4 is 10.6 Å². The number of ether oxygens (including phenoxy) is 1. The molecule has 0 aromatic carbocycles. The summed E-state index contributed by atoms with van der Waals surface area (Å²) in [6.07, 6.45) is 0.263. The normalized spacial score (nSPS) is 21.3. The molecule has 1 aliphatic heterocycles. The van der Waals surface area contributed by atoms with E-state index in [4.69, 9.17) is 9.84 Å². The summed E-state index contributed by atoms with van der Waals surface area (Å²) in [6.45, 7) is 0.585. The first-order valence-electron chi connectivity index (χ1n) is 6.51. The maximum Gasteiger partial charge on any atom is 0.332 e. The Kier molecular flexibility index (Phi) is 6.23. The molecule has 8 nitrogen and oxygen atoms in total. The van der Waals surface area contributed by atoms with Crippen LogP contribution in [0.25, 0.3) is 0 Å². The third-order valence-electron chi connectivity index (χ3n) is 3.16. The van der Waals surface area contributed by atoms with Gasteiger partial charge >= 0.3 is 12.0 Å². The van der Waals surface area contributed by atoms with Crippen molar-refractivity contribution >= 4 is 17.9 Å². The van der Waals surface area contributed by atoms with Crippen molar-refractivity contribution in [3.8, 4) is 0 Å². The number of hydrogen-bond acceptors (Lipinski definition) is 4. The smallest absolute Gasteiger partial charge is 0.332 e. The van der Waals surface area contributed by atoms with Crippen molar-refractivity contribution in [3.63, 3.8) is 0 Å². The summed E-state index contributed by atoms with van der Waals surface area (Å²) in [7, 11) is 3.13. The first-order chi connectivity index (χ1) is 9.43. The molecule has 0 aromatic heterocycles. The van der Waals surface area contributed by atoms with Gasteiger partial charge in [0.2, 0.25) is 5.91 Å². The molecule has 1 rings (SSSR count). The van der Waals surface area contributed by atoms with Gasteiger partial charge in [-0.25, -0.2) is 9.59 Å². The fraction of sp³-hybridized carbons (Fsp3) is 0.750. The van der Waals surface area contributed by atoms with E-state index in [1.54, 1.807) is 14.1 Å². The standard InChI is InChI=1S/C12H21N3O5/c1-13-10(16)5-6-15(2)12(19)14-7-8-3-4-9(20-8)11(17)18/h8-9H,3-7H2,1-2H3,(H,13,16)(H,14,19)(H,17,18). The molecule has 8 heteroatoms. The summed E-state index contributed by atoms with van der Waals surface area (Å²) in [5.41, 5.74) is 0. The number of carboxylic acid groups (broad SMARTS) is 1. The molecule has 1 aliphatic rings. The van der Waals surface area contributed by atoms with Crippen LogP contribution in [0, 0.1) is 0 Å². The Labute approximate surface area is 117 Å². The van der Waals surface area contributed by atoms with Gasteiger partial charge in [0.05, 0.1) is 6.10 Å². The zero-order valence-corrected chi connectivity index (χ0v) is 11.7. The van der Waals surface area contributed by atoms with E-state index in [-0.39, 0.29) is 31.0 Å². The van der Waals surface area contributed by atoms with E-state index in [0.29, 0.717) is 19.4 Å². The maximum absolute atomic E-state index is 11.7. The first-order valence-corrected chi connectivity index (χ1v) is 6.51. The molecule has 3 N–H and O–H groups in total. The molecule has 114 valence electrons. The van der Waals surface area contributed by atoms with Gasteiger partial charge in [0.1, 0.15) is 0 Å². The van der Waals surface area contributed by atoms with Crippen LogP contribution in [-0.4, -0.2) is 67.3 Å². The predicted octanol–water partition coefficient (Wildman–Crippen LogP) is -0.604. The minimum absolute atomic E-state index is 0.131. The summed E-state index contributed by atoms with van der Waals surface area (Å²) >= 11 is 0. The number of hydrogen-bond donors (Lipinski definition) is 3. The van der Waals surface area contributed by atoms with Gasteiger partial charge in [0.15, 0.2) is 6.10 Å². The van der Waals surface area contributed by atoms with E-state index in [1.165, 1.54) is 4.90 Å². The zero-order chi connectivity index (χ0) is 15.1. The Hall–Kier alpha value is -1.83. The molecular formula is C12H21N3O5. The minimum Gasteiger partial charge on any atom is -0.479 e. The second-order valence-electron chi connectivity index (χ2n) is 4.69. The van der Waals surface area contributed by atoms with E-state index in [9.17, 15) is 14.4 Å². The highest BCUT2D eigenvalue weighted by atomic mass is 16.5. The lowest BCUT2D eigenvalue weighted by molar-refractivity contribution is -0.149. The van der Waals surface area contributed by atoms with Gasteiger partial charge in [-0.05, 0) is 12.8 Å². The van der Waals surface area contributed by atoms with E-state index < -0.39 is 12.1 Å². The third kappa shape index (κ3) is 5.04. The number of carbonyl (C=O) groups excluding carboxylic acids is 2. The number of nitrogens with one attached hydrogen (secondary N) is 2. The van der Waals surface area contributed by atoms with Crippen LogP contribution in [0.15, 0.2) is 0 Å². The largest absolute Gasteiger partial charge is 0.479 e. The highest BCUT2D eigenvalue weighted by Crippen LogP contribution is 2.19. The number of amides is 3. The van der Waals surface area contributed by atoms with Gasteiger partial charge in [-0.1, -0.05) is 0 Å². The topological polar surface area (TPSA) is 108 Å². The van der Waals surface area contributed by atoms with Crippen LogP contribution >= 0.6 is 0 Å². The van der Waals surface area contributed by atoms with E-state index >= 15 is 0 Å². The fourth-order valence-electron chi connectivity index (χ4n) is 1.87. The molecule has 0 aromatic rings. The van der Waals surface area contributed by atoms with Crippen LogP contribution in [0.4, 0.5) is 4.79 Å². The molecule has 1 heterocycles. The molecule has 3 amide bonds. The van der Waals surface area contributed by atoms with Gasteiger partial charge in [0, 0.05) is 33.6 Å². The second kappa shape index (κ2) is 7.68. The van der Waals surface area contributed by atoms with Crippen molar-refractivity contribution in [1.29, 1.82) is 0 Å². The molecule has 0 aliphatic carbocycles. The number of carboxylic acids is 1. The molecule has 0 spiro atoms. The van der Waals surface area contributed by atoms with Crippen molar-refractivity contribution < 1.29 is 24.2 Å².